The van der Waals surface area contributed by atoms with E-state index >= 15 is 0 Å². The Balaban J connectivity index is 1.62. The Kier molecular flexibility index (Phi) is 4.27. The summed E-state index contributed by atoms with van der Waals surface area (Å²) < 4.78 is 11.4. The zero-order valence-corrected chi connectivity index (χ0v) is 14.8. The van der Waals surface area contributed by atoms with Crippen molar-refractivity contribution in [1.82, 2.24) is 0 Å². The van der Waals surface area contributed by atoms with Gasteiger partial charge < -0.3 is 14.4 Å². The van der Waals surface area contributed by atoms with E-state index in [1.807, 2.05) is 31.2 Å². The minimum atomic E-state index is -0.421. The fourth-order valence-electron chi connectivity index (χ4n) is 3.46. The number of amides is 1. The summed E-state index contributed by atoms with van der Waals surface area (Å²) in [5, 5.41) is 10.9. The number of non-ortho nitro benzene ring substituents is 1. The van der Waals surface area contributed by atoms with Gasteiger partial charge in [-0.25, -0.2) is 0 Å². The van der Waals surface area contributed by atoms with Crippen molar-refractivity contribution < 1.29 is 19.2 Å². The van der Waals surface area contributed by atoms with Gasteiger partial charge >= 0.3 is 0 Å². The molecule has 27 heavy (non-hydrogen) atoms. The second kappa shape index (κ2) is 6.75. The number of nitro benzene ring substituents is 1. The fourth-order valence-corrected chi connectivity index (χ4v) is 3.46. The van der Waals surface area contributed by atoms with E-state index in [2.05, 4.69) is 0 Å². The van der Waals surface area contributed by atoms with Crippen molar-refractivity contribution in [2.45, 2.75) is 13.3 Å². The molecule has 0 fully saturated rings. The van der Waals surface area contributed by atoms with E-state index in [4.69, 9.17) is 9.47 Å². The molecule has 0 spiro atoms. The van der Waals surface area contributed by atoms with Gasteiger partial charge in [-0.1, -0.05) is 12.1 Å². The predicted octanol–water partition coefficient (Wildman–Crippen LogP) is 3.36. The molecule has 4 rings (SSSR count). The van der Waals surface area contributed by atoms with Gasteiger partial charge in [-0.2, -0.15) is 0 Å². The quantitative estimate of drug-likeness (QED) is 0.612. The van der Waals surface area contributed by atoms with Crippen LogP contribution in [0, 0.1) is 10.1 Å². The normalized spacial score (nSPS) is 14.7. The first-order valence-corrected chi connectivity index (χ1v) is 8.77. The van der Waals surface area contributed by atoms with Gasteiger partial charge in [-0.3, -0.25) is 14.9 Å². The number of fused-ring (bicyclic) bond motifs is 2. The van der Waals surface area contributed by atoms with Crippen LogP contribution in [0.3, 0.4) is 0 Å². The van der Waals surface area contributed by atoms with Crippen LogP contribution in [0.5, 0.6) is 11.5 Å². The Morgan fingerprint density at radius 1 is 1.33 bits per heavy atom. The predicted molar refractivity (Wildman–Crippen MR) is 100 cm³/mol. The van der Waals surface area contributed by atoms with Crippen LogP contribution in [0.25, 0.3) is 6.08 Å². The van der Waals surface area contributed by atoms with Crippen LogP contribution in [-0.4, -0.2) is 30.6 Å². The number of rotatable bonds is 4. The lowest BCUT2D eigenvalue weighted by molar-refractivity contribution is -0.384. The van der Waals surface area contributed by atoms with Crippen LogP contribution in [-0.2, 0) is 11.2 Å². The maximum absolute atomic E-state index is 13.0. The standard InChI is InChI=1S/C20H18N2O5/c1-2-26-18-5-3-4-14-10-15(12-27-19(14)18)20(23)21-9-8-13-11-16(22(24)25)6-7-17(13)21/h3-7,10-11H,2,8-9,12H2,1H3. The molecule has 7 nitrogen and oxygen atoms in total. The highest BCUT2D eigenvalue weighted by Gasteiger charge is 2.30. The summed E-state index contributed by atoms with van der Waals surface area (Å²) in [6.45, 7) is 3.10. The molecule has 0 saturated carbocycles. The van der Waals surface area contributed by atoms with Crippen molar-refractivity contribution in [3.8, 4) is 11.5 Å². The van der Waals surface area contributed by atoms with Gasteiger partial charge in [0.1, 0.15) is 6.61 Å². The highest BCUT2D eigenvalue weighted by Crippen LogP contribution is 2.37. The molecule has 0 unspecified atom stereocenters. The summed E-state index contributed by atoms with van der Waals surface area (Å²) in [5.74, 6) is 1.17. The van der Waals surface area contributed by atoms with Crippen molar-refractivity contribution in [3.63, 3.8) is 0 Å². The summed E-state index contributed by atoms with van der Waals surface area (Å²) >= 11 is 0. The van der Waals surface area contributed by atoms with E-state index in [1.165, 1.54) is 12.1 Å². The van der Waals surface area contributed by atoms with Gasteiger partial charge in [0.2, 0.25) is 0 Å². The molecule has 0 radical (unpaired) electrons. The number of anilines is 1. The molecular formula is C20H18N2O5. The topological polar surface area (TPSA) is 81.9 Å². The van der Waals surface area contributed by atoms with Crippen LogP contribution in [0.2, 0.25) is 0 Å². The van der Waals surface area contributed by atoms with Crippen molar-refractivity contribution >= 4 is 23.4 Å². The first kappa shape index (κ1) is 17.1. The zero-order valence-electron chi connectivity index (χ0n) is 14.8. The van der Waals surface area contributed by atoms with Crippen LogP contribution >= 0.6 is 0 Å². The molecule has 1 amide bonds. The van der Waals surface area contributed by atoms with Crippen molar-refractivity contribution in [1.29, 1.82) is 0 Å². The number of carbonyl (C=O) groups excluding carboxylic acids is 1. The Labute approximate surface area is 156 Å². The number of nitro groups is 1. The van der Waals surface area contributed by atoms with Gasteiger partial charge in [0, 0.05) is 29.9 Å². The molecule has 0 aromatic heterocycles. The van der Waals surface area contributed by atoms with Gasteiger partial charge in [-0.05, 0) is 37.1 Å². The van der Waals surface area contributed by atoms with Crippen molar-refractivity contribution in [2.75, 3.05) is 24.7 Å². The third kappa shape index (κ3) is 3.01. The molecule has 0 aliphatic carbocycles. The van der Waals surface area contributed by atoms with Crippen LogP contribution in [0.1, 0.15) is 18.1 Å². The third-order valence-electron chi connectivity index (χ3n) is 4.70. The van der Waals surface area contributed by atoms with E-state index < -0.39 is 4.92 Å². The van der Waals surface area contributed by atoms with Gasteiger partial charge in [0.25, 0.3) is 11.6 Å². The number of nitrogens with zero attached hydrogens (tertiary/aromatic N) is 2. The molecule has 2 aliphatic heterocycles. The summed E-state index contributed by atoms with van der Waals surface area (Å²) in [7, 11) is 0. The van der Waals surface area contributed by atoms with E-state index in [0.717, 1.165) is 16.8 Å². The van der Waals surface area contributed by atoms with Crippen molar-refractivity contribution in [3.05, 3.63) is 63.2 Å². The van der Waals surface area contributed by atoms with Crippen molar-refractivity contribution in [2.24, 2.45) is 0 Å². The second-order valence-corrected chi connectivity index (χ2v) is 6.34. The zero-order chi connectivity index (χ0) is 19.0. The highest BCUT2D eigenvalue weighted by molar-refractivity contribution is 6.10. The smallest absolute Gasteiger partial charge is 0.269 e. The number of benzene rings is 2. The lowest BCUT2D eigenvalue weighted by Crippen LogP contribution is -2.32. The van der Waals surface area contributed by atoms with E-state index in [9.17, 15) is 14.9 Å². The number of para-hydroxylation sites is 1. The van der Waals surface area contributed by atoms with Crippen LogP contribution in [0.15, 0.2) is 42.0 Å². The minimum absolute atomic E-state index is 0.0423. The van der Waals surface area contributed by atoms with Crippen LogP contribution in [0.4, 0.5) is 11.4 Å². The third-order valence-corrected chi connectivity index (χ3v) is 4.70. The number of hydrogen-bond donors (Lipinski definition) is 0. The molecule has 0 atom stereocenters. The number of carbonyl (C=O) groups is 1. The average molecular weight is 366 g/mol. The molecule has 7 heteroatoms. The first-order chi connectivity index (χ1) is 13.1. The minimum Gasteiger partial charge on any atom is -0.490 e. The summed E-state index contributed by atoms with van der Waals surface area (Å²) in [4.78, 5) is 25.2. The molecule has 0 bridgehead atoms. The summed E-state index contributed by atoms with van der Waals surface area (Å²) in [5.41, 5.74) is 2.93. The molecule has 2 aliphatic rings. The molecule has 0 N–H and O–H groups in total. The van der Waals surface area contributed by atoms with Gasteiger partial charge in [-0.15, -0.1) is 0 Å². The van der Waals surface area contributed by atoms with Crippen LogP contribution < -0.4 is 14.4 Å². The molecule has 2 aromatic carbocycles. The van der Waals surface area contributed by atoms with E-state index in [-0.39, 0.29) is 18.2 Å². The van der Waals surface area contributed by atoms with E-state index in [1.54, 1.807) is 11.0 Å². The summed E-state index contributed by atoms with van der Waals surface area (Å²) in [6, 6.07) is 10.2. The highest BCUT2D eigenvalue weighted by atomic mass is 16.6. The maximum atomic E-state index is 13.0. The molecule has 138 valence electrons. The number of ether oxygens (including phenoxy) is 2. The molecule has 2 heterocycles. The number of hydrogen-bond acceptors (Lipinski definition) is 5. The SMILES string of the molecule is CCOc1cccc2c1OCC(C(=O)N1CCc3cc([N+](=O)[O-])ccc31)=C2. The monoisotopic (exact) mass is 366 g/mol. The Bertz CT molecular complexity index is 967. The van der Waals surface area contributed by atoms with E-state index in [0.29, 0.717) is 36.6 Å². The average Bonchev–Trinajstić information content (AvgIpc) is 3.10. The van der Waals surface area contributed by atoms with Gasteiger partial charge in [0.15, 0.2) is 11.5 Å². The second-order valence-electron chi connectivity index (χ2n) is 6.34. The Morgan fingerprint density at radius 3 is 2.96 bits per heavy atom. The van der Waals surface area contributed by atoms with Gasteiger partial charge in [0.05, 0.1) is 17.1 Å². The first-order valence-electron chi connectivity index (χ1n) is 8.77. The maximum Gasteiger partial charge on any atom is 0.269 e. The Hall–Kier alpha value is -3.35. The lowest BCUT2D eigenvalue weighted by atomic mass is 10.1. The lowest BCUT2D eigenvalue weighted by Gasteiger charge is -2.23. The molecule has 2 aromatic rings. The molecule has 0 saturated heterocycles. The summed E-state index contributed by atoms with van der Waals surface area (Å²) in [6.07, 6.45) is 2.43. The largest absolute Gasteiger partial charge is 0.490 e. The fraction of sp³-hybridized carbons (Fsp3) is 0.250. The Morgan fingerprint density at radius 2 is 2.19 bits per heavy atom. The molecular weight excluding hydrogens is 348 g/mol.